The predicted octanol–water partition coefficient (Wildman–Crippen LogP) is 3.65. The molecule has 1 aliphatic heterocycles. The van der Waals surface area contributed by atoms with Gasteiger partial charge in [0.15, 0.2) is 0 Å². The van der Waals surface area contributed by atoms with E-state index in [0.717, 1.165) is 41.7 Å². The Bertz CT molecular complexity index is 1090. The number of nitrogens with one attached hydrogen (secondary N) is 1. The number of amides is 1. The number of methoxy groups -OCH3 is 1. The lowest BCUT2D eigenvalue weighted by atomic mass is 9.95. The molecule has 4 rings (SSSR count). The number of esters is 1. The van der Waals surface area contributed by atoms with Gasteiger partial charge in [0.1, 0.15) is 0 Å². The van der Waals surface area contributed by atoms with Crippen LogP contribution < -0.4 is 5.32 Å². The van der Waals surface area contributed by atoms with Crippen LogP contribution in [0.3, 0.4) is 0 Å². The van der Waals surface area contributed by atoms with Gasteiger partial charge in [0.25, 0.3) is 5.91 Å². The average Bonchev–Trinajstić information content (AvgIpc) is 2.76. The molecular weight excluding hydrogens is 366 g/mol. The molecule has 3 aromatic rings. The Labute approximate surface area is 169 Å². The number of rotatable bonds is 4. The summed E-state index contributed by atoms with van der Waals surface area (Å²) >= 11 is 0. The number of ether oxygens (including phenoxy) is 1. The number of para-hydroxylation sites is 1. The SMILES string of the molecule is CCN1CCc2nc3ccccc3c(C(=O)Nc3cccc(C(=O)OC)c3)c2C1. The van der Waals surface area contributed by atoms with Gasteiger partial charge in [-0.1, -0.05) is 31.2 Å². The van der Waals surface area contributed by atoms with Crippen molar-refractivity contribution in [1.82, 2.24) is 9.88 Å². The molecule has 0 atom stereocenters. The molecule has 0 saturated heterocycles. The number of benzene rings is 2. The maximum absolute atomic E-state index is 13.4. The molecule has 148 valence electrons. The van der Waals surface area contributed by atoms with Crippen molar-refractivity contribution in [2.75, 3.05) is 25.5 Å². The first kappa shape index (κ1) is 19.1. The van der Waals surface area contributed by atoms with Gasteiger partial charge in [-0.25, -0.2) is 4.79 Å². The van der Waals surface area contributed by atoms with Crippen molar-refractivity contribution in [3.8, 4) is 0 Å². The van der Waals surface area contributed by atoms with Crippen molar-refractivity contribution < 1.29 is 14.3 Å². The summed E-state index contributed by atoms with van der Waals surface area (Å²) in [6, 6.07) is 14.5. The van der Waals surface area contributed by atoms with E-state index in [2.05, 4.69) is 17.1 Å². The van der Waals surface area contributed by atoms with Crippen LogP contribution in [-0.2, 0) is 17.7 Å². The van der Waals surface area contributed by atoms with E-state index in [4.69, 9.17) is 9.72 Å². The lowest BCUT2D eigenvalue weighted by Crippen LogP contribution is -2.33. The highest BCUT2D eigenvalue weighted by Gasteiger charge is 2.25. The number of nitrogens with zero attached hydrogens (tertiary/aromatic N) is 2. The van der Waals surface area contributed by atoms with Crippen LogP contribution in [0, 0.1) is 0 Å². The Hall–Kier alpha value is -3.25. The number of fused-ring (bicyclic) bond motifs is 2. The molecule has 0 unspecified atom stereocenters. The number of pyridine rings is 1. The highest BCUT2D eigenvalue weighted by Crippen LogP contribution is 2.29. The second-order valence-corrected chi connectivity index (χ2v) is 7.07. The summed E-state index contributed by atoms with van der Waals surface area (Å²) in [6.07, 6.45) is 0.826. The van der Waals surface area contributed by atoms with E-state index in [1.54, 1.807) is 24.3 Å². The number of hydrogen-bond acceptors (Lipinski definition) is 5. The third kappa shape index (κ3) is 3.71. The number of aromatic nitrogens is 1. The average molecular weight is 389 g/mol. The Morgan fingerprint density at radius 1 is 1.17 bits per heavy atom. The fraction of sp³-hybridized carbons (Fsp3) is 0.261. The molecule has 0 radical (unpaired) electrons. The number of carbonyl (C=O) groups excluding carboxylic acids is 2. The maximum atomic E-state index is 13.4. The standard InChI is InChI=1S/C23H23N3O3/c1-3-26-12-11-20-18(14-26)21(17-9-4-5-10-19(17)25-20)22(27)24-16-8-6-7-15(13-16)23(28)29-2/h4-10,13H,3,11-12,14H2,1-2H3,(H,24,27). The van der Waals surface area contributed by atoms with Crippen LogP contribution >= 0.6 is 0 Å². The van der Waals surface area contributed by atoms with Gasteiger partial charge in [0.05, 0.1) is 23.8 Å². The molecule has 0 spiro atoms. The Morgan fingerprint density at radius 2 is 2.00 bits per heavy atom. The van der Waals surface area contributed by atoms with Crippen LogP contribution in [0.1, 0.15) is 38.9 Å². The second kappa shape index (κ2) is 8.01. The Balaban J connectivity index is 1.77. The van der Waals surface area contributed by atoms with Crippen LogP contribution in [-0.4, -0.2) is 42.0 Å². The first-order valence-electron chi connectivity index (χ1n) is 9.73. The third-order valence-electron chi connectivity index (χ3n) is 5.34. The van der Waals surface area contributed by atoms with Crippen molar-refractivity contribution in [1.29, 1.82) is 0 Å². The molecule has 0 bridgehead atoms. The van der Waals surface area contributed by atoms with Crippen molar-refractivity contribution in [3.63, 3.8) is 0 Å². The van der Waals surface area contributed by atoms with Crippen LogP contribution in [0.2, 0.25) is 0 Å². The number of anilines is 1. The zero-order valence-electron chi connectivity index (χ0n) is 16.6. The second-order valence-electron chi connectivity index (χ2n) is 7.07. The van der Waals surface area contributed by atoms with E-state index < -0.39 is 5.97 Å². The molecule has 29 heavy (non-hydrogen) atoms. The quantitative estimate of drug-likeness (QED) is 0.690. The summed E-state index contributed by atoms with van der Waals surface area (Å²) in [6.45, 7) is 4.69. The Morgan fingerprint density at radius 3 is 2.79 bits per heavy atom. The molecule has 2 aromatic carbocycles. The van der Waals surface area contributed by atoms with E-state index in [1.165, 1.54) is 7.11 Å². The minimum Gasteiger partial charge on any atom is -0.465 e. The smallest absolute Gasteiger partial charge is 0.337 e. The highest BCUT2D eigenvalue weighted by molar-refractivity contribution is 6.13. The first-order chi connectivity index (χ1) is 14.1. The predicted molar refractivity (Wildman–Crippen MR) is 112 cm³/mol. The minimum atomic E-state index is -0.438. The molecular formula is C23H23N3O3. The molecule has 6 nitrogen and oxygen atoms in total. The summed E-state index contributed by atoms with van der Waals surface area (Å²) in [7, 11) is 1.34. The summed E-state index contributed by atoms with van der Waals surface area (Å²) in [5.74, 6) is -0.633. The minimum absolute atomic E-state index is 0.195. The van der Waals surface area contributed by atoms with E-state index in [0.29, 0.717) is 23.4 Å². The maximum Gasteiger partial charge on any atom is 0.337 e. The summed E-state index contributed by atoms with van der Waals surface area (Å²) in [5, 5.41) is 3.80. The molecule has 1 aliphatic rings. The van der Waals surface area contributed by atoms with Gasteiger partial charge in [-0.05, 0) is 30.8 Å². The van der Waals surface area contributed by atoms with Gasteiger partial charge in [0.2, 0.25) is 0 Å². The monoisotopic (exact) mass is 389 g/mol. The van der Waals surface area contributed by atoms with Crippen LogP contribution in [0.25, 0.3) is 10.9 Å². The molecule has 0 fully saturated rings. The summed E-state index contributed by atoms with van der Waals surface area (Å²) in [5.41, 5.74) is 4.40. The Kier molecular flexibility index (Phi) is 5.27. The van der Waals surface area contributed by atoms with Crippen molar-refractivity contribution in [3.05, 3.63) is 70.9 Å². The van der Waals surface area contributed by atoms with Gasteiger partial charge < -0.3 is 10.1 Å². The molecule has 6 heteroatoms. The van der Waals surface area contributed by atoms with Gasteiger partial charge in [-0.2, -0.15) is 0 Å². The first-order valence-corrected chi connectivity index (χ1v) is 9.73. The van der Waals surface area contributed by atoms with Crippen LogP contribution in [0.4, 0.5) is 5.69 Å². The summed E-state index contributed by atoms with van der Waals surface area (Å²) in [4.78, 5) is 32.3. The van der Waals surface area contributed by atoms with E-state index in [1.807, 2.05) is 24.3 Å². The lowest BCUT2D eigenvalue weighted by Gasteiger charge is -2.29. The fourth-order valence-electron chi connectivity index (χ4n) is 3.81. The number of likely N-dealkylation sites (N-methyl/N-ethyl adjacent to an activating group) is 1. The molecule has 0 aliphatic carbocycles. The molecule has 1 amide bonds. The topological polar surface area (TPSA) is 71.5 Å². The normalized spacial score (nSPS) is 13.7. The van der Waals surface area contributed by atoms with E-state index >= 15 is 0 Å². The van der Waals surface area contributed by atoms with E-state index in [-0.39, 0.29) is 5.91 Å². The van der Waals surface area contributed by atoms with Crippen molar-refractivity contribution >= 4 is 28.5 Å². The van der Waals surface area contributed by atoms with Gasteiger partial charge >= 0.3 is 5.97 Å². The van der Waals surface area contributed by atoms with Crippen LogP contribution in [0.15, 0.2) is 48.5 Å². The molecule has 2 heterocycles. The van der Waals surface area contributed by atoms with Gasteiger partial charge in [0, 0.05) is 41.8 Å². The van der Waals surface area contributed by atoms with Crippen molar-refractivity contribution in [2.45, 2.75) is 19.9 Å². The molecule has 1 aromatic heterocycles. The number of carbonyl (C=O) groups is 2. The molecule has 1 N–H and O–H groups in total. The lowest BCUT2D eigenvalue weighted by molar-refractivity contribution is 0.0600. The zero-order chi connectivity index (χ0) is 20.4. The van der Waals surface area contributed by atoms with Gasteiger partial charge in [-0.3, -0.25) is 14.7 Å². The zero-order valence-corrected chi connectivity index (χ0v) is 16.6. The van der Waals surface area contributed by atoms with E-state index in [9.17, 15) is 9.59 Å². The third-order valence-corrected chi connectivity index (χ3v) is 5.34. The largest absolute Gasteiger partial charge is 0.465 e. The molecule has 0 saturated carbocycles. The van der Waals surface area contributed by atoms with Crippen molar-refractivity contribution in [2.24, 2.45) is 0 Å². The summed E-state index contributed by atoms with van der Waals surface area (Å²) < 4.78 is 4.77. The fourth-order valence-corrected chi connectivity index (χ4v) is 3.81. The van der Waals surface area contributed by atoms with Gasteiger partial charge in [-0.15, -0.1) is 0 Å². The number of hydrogen-bond donors (Lipinski definition) is 1. The highest BCUT2D eigenvalue weighted by atomic mass is 16.5. The van der Waals surface area contributed by atoms with Crippen LogP contribution in [0.5, 0.6) is 0 Å².